The summed E-state index contributed by atoms with van der Waals surface area (Å²) in [7, 11) is -3.31. The second-order valence-electron chi connectivity index (χ2n) is 5.68. The average Bonchev–Trinajstić information content (AvgIpc) is 3.03. The third-order valence-corrected chi connectivity index (χ3v) is 4.90. The Morgan fingerprint density at radius 3 is 2.42 bits per heavy atom. The average molecular weight is 373 g/mol. The molecule has 136 valence electrons. The number of nitrogens with zero attached hydrogens (tertiary/aromatic N) is 4. The first-order valence-electron chi connectivity index (χ1n) is 8.10. The number of hydrogen-bond donors (Lipinski definition) is 1. The molecule has 0 aliphatic carbocycles. The third kappa shape index (κ3) is 4.57. The van der Waals surface area contributed by atoms with E-state index in [0.717, 1.165) is 5.69 Å². The monoisotopic (exact) mass is 373 g/mol. The molecule has 0 fully saturated rings. The number of hydrogen-bond acceptors (Lipinski definition) is 6. The van der Waals surface area contributed by atoms with Crippen molar-refractivity contribution < 1.29 is 13.2 Å². The first kappa shape index (κ1) is 17.9. The molecule has 0 radical (unpaired) electrons. The maximum absolute atomic E-state index is 11.8. The summed E-state index contributed by atoms with van der Waals surface area (Å²) in [5.74, 6) is 1.53. The number of rotatable bonds is 7. The van der Waals surface area contributed by atoms with Crippen molar-refractivity contribution in [1.29, 1.82) is 0 Å². The summed E-state index contributed by atoms with van der Waals surface area (Å²) in [6.07, 6.45) is 2.36. The fraction of sp³-hybridized carbons (Fsp3) is 0.235. The smallest absolute Gasteiger partial charge is 0.238 e. The Morgan fingerprint density at radius 2 is 1.85 bits per heavy atom. The van der Waals surface area contributed by atoms with Crippen molar-refractivity contribution in [2.75, 3.05) is 10.5 Å². The lowest BCUT2D eigenvalue weighted by molar-refractivity contribution is 0.454. The van der Waals surface area contributed by atoms with E-state index >= 15 is 0 Å². The maximum Gasteiger partial charge on any atom is 0.238 e. The molecule has 26 heavy (non-hydrogen) atoms. The van der Waals surface area contributed by atoms with E-state index in [1.807, 2.05) is 19.9 Å². The van der Waals surface area contributed by atoms with E-state index in [0.29, 0.717) is 29.6 Å². The molecule has 1 aromatic carbocycles. The van der Waals surface area contributed by atoms with Crippen molar-refractivity contribution in [2.45, 2.75) is 20.3 Å². The van der Waals surface area contributed by atoms with Crippen molar-refractivity contribution in [3.8, 4) is 17.4 Å². The number of aryl methyl sites for hydroxylation is 1. The van der Waals surface area contributed by atoms with Gasteiger partial charge in [0.15, 0.2) is 5.82 Å². The van der Waals surface area contributed by atoms with E-state index in [4.69, 9.17) is 4.74 Å². The molecule has 0 amide bonds. The van der Waals surface area contributed by atoms with Crippen LogP contribution in [0.5, 0.6) is 11.6 Å². The second-order valence-corrected chi connectivity index (χ2v) is 7.52. The van der Waals surface area contributed by atoms with Gasteiger partial charge in [-0.05, 0) is 49.7 Å². The normalized spacial score (nSPS) is 11.3. The molecule has 0 atom stereocenters. The Balaban J connectivity index is 1.65. The lowest BCUT2D eigenvalue weighted by Crippen LogP contribution is -2.15. The van der Waals surface area contributed by atoms with Gasteiger partial charge in [0.25, 0.3) is 0 Å². The summed E-state index contributed by atoms with van der Waals surface area (Å²) in [6, 6.07) is 11.9. The van der Waals surface area contributed by atoms with Crippen LogP contribution < -0.4 is 9.46 Å². The van der Waals surface area contributed by atoms with Crippen LogP contribution in [0.2, 0.25) is 0 Å². The summed E-state index contributed by atoms with van der Waals surface area (Å²) in [5, 5.41) is 12.4. The molecule has 0 saturated carbocycles. The van der Waals surface area contributed by atoms with Crippen LogP contribution in [-0.2, 0) is 10.0 Å². The SMILES string of the molecule is CCCS(=O)(=O)Nc1ccc(Oc2ccc(-n3ccc(C)n3)nn2)cc1. The minimum atomic E-state index is -3.31. The molecule has 0 spiro atoms. The van der Waals surface area contributed by atoms with Crippen molar-refractivity contribution in [1.82, 2.24) is 20.0 Å². The van der Waals surface area contributed by atoms with Gasteiger partial charge in [0, 0.05) is 18.0 Å². The molecule has 0 saturated heterocycles. The van der Waals surface area contributed by atoms with Gasteiger partial charge in [-0.15, -0.1) is 10.2 Å². The first-order chi connectivity index (χ1) is 12.4. The van der Waals surface area contributed by atoms with Gasteiger partial charge in [-0.2, -0.15) is 5.10 Å². The fourth-order valence-corrected chi connectivity index (χ4v) is 3.38. The fourth-order valence-electron chi connectivity index (χ4n) is 2.24. The number of aromatic nitrogens is 4. The predicted molar refractivity (Wildman–Crippen MR) is 98.1 cm³/mol. The minimum absolute atomic E-state index is 0.0863. The van der Waals surface area contributed by atoms with Gasteiger partial charge in [0.05, 0.1) is 11.4 Å². The molecular weight excluding hydrogens is 354 g/mol. The number of anilines is 1. The molecule has 2 heterocycles. The van der Waals surface area contributed by atoms with Gasteiger partial charge in [0.1, 0.15) is 5.75 Å². The minimum Gasteiger partial charge on any atom is -0.438 e. The number of nitrogens with one attached hydrogen (secondary N) is 1. The topological polar surface area (TPSA) is 99.0 Å². The highest BCUT2D eigenvalue weighted by molar-refractivity contribution is 7.92. The predicted octanol–water partition coefficient (Wildman–Crippen LogP) is 2.91. The Bertz CT molecular complexity index is 966. The van der Waals surface area contributed by atoms with E-state index in [9.17, 15) is 8.42 Å². The molecular formula is C17H19N5O3S. The highest BCUT2D eigenvalue weighted by Gasteiger charge is 2.09. The van der Waals surface area contributed by atoms with Crippen molar-refractivity contribution in [3.05, 3.63) is 54.4 Å². The van der Waals surface area contributed by atoms with E-state index < -0.39 is 10.0 Å². The Labute approximate surface area is 151 Å². The standard InChI is InChI=1S/C17H19N5O3S/c1-3-12-26(23,24)21-14-4-6-15(7-5-14)25-17-9-8-16(18-19-17)22-11-10-13(2)20-22/h4-11,21H,3,12H2,1-2H3. The second kappa shape index (κ2) is 7.52. The van der Waals surface area contributed by atoms with Gasteiger partial charge in [0.2, 0.25) is 15.9 Å². The lowest BCUT2D eigenvalue weighted by atomic mass is 10.3. The first-order valence-corrected chi connectivity index (χ1v) is 9.75. The van der Waals surface area contributed by atoms with Crippen molar-refractivity contribution in [3.63, 3.8) is 0 Å². The van der Waals surface area contributed by atoms with Gasteiger partial charge >= 0.3 is 0 Å². The van der Waals surface area contributed by atoms with Crippen LogP contribution in [0.25, 0.3) is 5.82 Å². The summed E-state index contributed by atoms with van der Waals surface area (Å²) in [6.45, 7) is 3.71. The zero-order valence-electron chi connectivity index (χ0n) is 14.5. The lowest BCUT2D eigenvalue weighted by Gasteiger charge is -2.08. The molecule has 3 rings (SSSR count). The molecule has 0 aliphatic rings. The third-order valence-electron chi connectivity index (χ3n) is 3.41. The number of ether oxygens (including phenoxy) is 1. The summed E-state index contributed by atoms with van der Waals surface area (Å²) < 4.78 is 33.3. The van der Waals surface area contributed by atoms with Gasteiger partial charge < -0.3 is 4.74 Å². The molecule has 0 unspecified atom stereocenters. The molecule has 3 aromatic rings. The molecule has 0 bridgehead atoms. The van der Waals surface area contributed by atoms with Crippen LogP contribution in [0.15, 0.2) is 48.7 Å². The van der Waals surface area contributed by atoms with Crippen LogP contribution in [-0.4, -0.2) is 34.1 Å². The highest BCUT2D eigenvalue weighted by atomic mass is 32.2. The van der Waals surface area contributed by atoms with Crippen LogP contribution in [0.4, 0.5) is 5.69 Å². The van der Waals surface area contributed by atoms with Crippen LogP contribution in [0, 0.1) is 6.92 Å². The summed E-state index contributed by atoms with van der Waals surface area (Å²) in [4.78, 5) is 0. The van der Waals surface area contributed by atoms with E-state index in [1.165, 1.54) is 0 Å². The van der Waals surface area contributed by atoms with Gasteiger partial charge in [-0.1, -0.05) is 6.92 Å². The molecule has 1 N–H and O–H groups in total. The molecule has 2 aromatic heterocycles. The highest BCUT2D eigenvalue weighted by Crippen LogP contribution is 2.22. The van der Waals surface area contributed by atoms with E-state index in [2.05, 4.69) is 20.0 Å². The van der Waals surface area contributed by atoms with Crippen LogP contribution in [0.1, 0.15) is 19.0 Å². The van der Waals surface area contributed by atoms with Gasteiger partial charge in [-0.3, -0.25) is 4.72 Å². The molecule has 9 heteroatoms. The van der Waals surface area contributed by atoms with Crippen molar-refractivity contribution >= 4 is 15.7 Å². The zero-order valence-corrected chi connectivity index (χ0v) is 15.3. The van der Waals surface area contributed by atoms with Gasteiger partial charge in [-0.25, -0.2) is 13.1 Å². The quantitative estimate of drug-likeness (QED) is 0.684. The van der Waals surface area contributed by atoms with Crippen molar-refractivity contribution in [2.24, 2.45) is 0 Å². The van der Waals surface area contributed by atoms with E-state index in [-0.39, 0.29) is 5.75 Å². The largest absolute Gasteiger partial charge is 0.438 e. The zero-order chi connectivity index (χ0) is 18.6. The van der Waals surface area contributed by atoms with Crippen LogP contribution in [0.3, 0.4) is 0 Å². The molecule has 8 nitrogen and oxygen atoms in total. The Kier molecular flexibility index (Phi) is 5.17. The molecule has 0 aliphatic heterocycles. The summed E-state index contributed by atoms with van der Waals surface area (Å²) >= 11 is 0. The maximum atomic E-state index is 11.8. The number of benzene rings is 1. The number of sulfonamides is 1. The Hall–Kier alpha value is -2.94. The Morgan fingerprint density at radius 1 is 1.08 bits per heavy atom. The van der Waals surface area contributed by atoms with E-state index in [1.54, 1.807) is 47.3 Å². The summed E-state index contributed by atoms with van der Waals surface area (Å²) in [5.41, 5.74) is 1.38. The van der Waals surface area contributed by atoms with Crippen LogP contribution >= 0.6 is 0 Å².